The second-order valence-corrected chi connectivity index (χ2v) is 5.09. The molecule has 0 heterocycles. The van der Waals surface area contributed by atoms with Crippen molar-refractivity contribution in [3.05, 3.63) is 36.5 Å². The van der Waals surface area contributed by atoms with E-state index in [1.807, 2.05) is 13.1 Å². The van der Waals surface area contributed by atoms with Crippen LogP contribution in [0.15, 0.2) is 31.0 Å². The number of anilines is 1. The van der Waals surface area contributed by atoms with Gasteiger partial charge in [-0.1, -0.05) is 24.2 Å². The lowest BCUT2D eigenvalue weighted by Gasteiger charge is -2.23. The highest BCUT2D eigenvalue weighted by Gasteiger charge is 2.08. The molecule has 0 aliphatic rings. The molecule has 0 saturated heterocycles. The van der Waals surface area contributed by atoms with Crippen molar-refractivity contribution >= 4 is 19.0 Å². The number of nitrogens with two attached hydrogens (primary N) is 1. The van der Waals surface area contributed by atoms with Crippen LogP contribution < -0.4 is 21.8 Å². The summed E-state index contributed by atoms with van der Waals surface area (Å²) in [4.78, 5) is 2.43. The minimum absolute atomic E-state index is 0.880. The molecular weight excluding hydrogens is 247 g/mol. The summed E-state index contributed by atoms with van der Waals surface area (Å²) in [5.74, 6) is 0. The first-order valence-corrected chi connectivity index (χ1v) is 7.23. The van der Waals surface area contributed by atoms with E-state index in [0.717, 1.165) is 44.8 Å². The summed E-state index contributed by atoms with van der Waals surface area (Å²) in [5.41, 5.74) is 9.43. The van der Waals surface area contributed by atoms with Crippen molar-refractivity contribution in [2.75, 3.05) is 39.0 Å². The van der Waals surface area contributed by atoms with Crippen molar-refractivity contribution in [1.82, 2.24) is 15.5 Å². The normalized spacial score (nSPS) is 10.7. The molecule has 0 aromatic heterocycles. The number of nitrogens with zero attached hydrogens (tertiary/aromatic N) is 1. The van der Waals surface area contributed by atoms with E-state index in [9.17, 15) is 0 Å². The first-order valence-electron chi connectivity index (χ1n) is 7.23. The van der Waals surface area contributed by atoms with Crippen LogP contribution in [0.3, 0.4) is 0 Å². The predicted octanol–water partition coefficient (Wildman–Crippen LogP) is -0.328. The molecule has 0 spiro atoms. The molecule has 0 aliphatic heterocycles. The number of hydrogen-bond acceptors (Lipinski definition) is 4. The van der Waals surface area contributed by atoms with Crippen molar-refractivity contribution in [3.63, 3.8) is 0 Å². The van der Waals surface area contributed by atoms with E-state index in [2.05, 4.69) is 42.1 Å². The maximum atomic E-state index is 6.08. The van der Waals surface area contributed by atoms with Crippen LogP contribution in [0.4, 0.5) is 5.69 Å². The smallest absolute Gasteiger partial charge is 0.139 e. The van der Waals surface area contributed by atoms with E-state index in [1.165, 1.54) is 11.0 Å². The summed E-state index contributed by atoms with van der Waals surface area (Å²) in [6.07, 6.45) is 2.88. The van der Waals surface area contributed by atoms with E-state index in [-0.39, 0.29) is 0 Å². The standard InChI is InChI=1S/C15H27BN4/c1-3-19-8-10-20(9-4-7-18-2)12-13-11-14(16)5-6-15(13)17/h3,5-6,11,18-19H,1,4,7-10,12,16-17H2,2H3. The van der Waals surface area contributed by atoms with Gasteiger partial charge in [0, 0.05) is 25.3 Å². The maximum absolute atomic E-state index is 6.08. The molecular formula is C15H27BN4. The summed E-state index contributed by atoms with van der Waals surface area (Å²) >= 11 is 0. The first kappa shape index (κ1) is 16.6. The minimum atomic E-state index is 0.880. The molecule has 0 aliphatic carbocycles. The van der Waals surface area contributed by atoms with E-state index in [1.54, 1.807) is 6.20 Å². The van der Waals surface area contributed by atoms with Gasteiger partial charge in [0.05, 0.1) is 0 Å². The van der Waals surface area contributed by atoms with Gasteiger partial charge in [-0.2, -0.15) is 0 Å². The molecule has 0 saturated carbocycles. The van der Waals surface area contributed by atoms with Crippen LogP contribution in [-0.2, 0) is 6.54 Å². The van der Waals surface area contributed by atoms with Gasteiger partial charge in [0.1, 0.15) is 7.85 Å². The third kappa shape index (κ3) is 6.13. The molecule has 0 radical (unpaired) electrons. The third-order valence-corrected chi connectivity index (χ3v) is 3.31. The van der Waals surface area contributed by atoms with Crippen molar-refractivity contribution in [2.24, 2.45) is 0 Å². The fourth-order valence-corrected chi connectivity index (χ4v) is 2.19. The number of benzene rings is 1. The molecule has 0 fully saturated rings. The van der Waals surface area contributed by atoms with Gasteiger partial charge >= 0.3 is 0 Å². The molecule has 110 valence electrons. The van der Waals surface area contributed by atoms with Crippen molar-refractivity contribution in [1.29, 1.82) is 0 Å². The fraction of sp³-hybridized carbons (Fsp3) is 0.467. The van der Waals surface area contributed by atoms with Crippen molar-refractivity contribution in [2.45, 2.75) is 13.0 Å². The highest BCUT2D eigenvalue weighted by molar-refractivity contribution is 6.32. The summed E-state index contributed by atoms with van der Waals surface area (Å²) in [6.45, 7) is 8.58. The number of rotatable bonds is 10. The second-order valence-electron chi connectivity index (χ2n) is 5.09. The van der Waals surface area contributed by atoms with Gasteiger partial charge in [0.2, 0.25) is 0 Å². The summed E-state index contributed by atoms with van der Waals surface area (Å²) in [5, 5.41) is 6.35. The predicted molar refractivity (Wildman–Crippen MR) is 91.1 cm³/mol. The van der Waals surface area contributed by atoms with E-state index in [0.29, 0.717) is 0 Å². The maximum Gasteiger partial charge on any atom is 0.139 e. The molecule has 0 atom stereocenters. The Morgan fingerprint density at radius 3 is 2.85 bits per heavy atom. The number of hydrogen-bond donors (Lipinski definition) is 3. The molecule has 0 bridgehead atoms. The lowest BCUT2D eigenvalue weighted by Crippen LogP contribution is -2.32. The van der Waals surface area contributed by atoms with Crippen LogP contribution in [0.1, 0.15) is 12.0 Å². The van der Waals surface area contributed by atoms with Crippen molar-refractivity contribution < 1.29 is 0 Å². The second kappa shape index (κ2) is 9.45. The Balaban J connectivity index is 2.61. The number of nitrogen functional groups attached to an aromatic ring is 1. The van der Waals surface area contributed by atoms with Crippen LogP contribution in [-0.4, -0.2) is 46.0 Å². The van der Waals surface area contributed by atoms with Crippen LogP contribution >= 0.6 is 0 Å². The zero-order valence-corrected chi connectivity index (χ0v) is 12.8. The highest BCUT2D eigenvalue weighted by Crippen LogP contribution is 2.12. The number of nitrogens with one attached hydrogen (secondary N) is 2. The Kier molecular flexibility index (Phi) is 7.84. The fourth-order valence-electron chi connectivity index (χ4n) is 2.19. The Morgan fingerprint density at radius 1 is 1.35 bits per heavy atom. The zero-order valence-electron chi connectivity index (χ0n) is 12.8. The molecule has 5 heteroatoms. The Bertz CT molecular complexity index is 409. The Labute approximate surface area is 123 Å². The van der Waals surface area contributed by atoms with Crippen LogP contribution in [0.25, 0.3) is 0 Å². The van der Waals surface area contributed by atoms with Gasteiger partial charge in [0.15, 0.2) is 0 Å². The summed E-state index contributed by atoms with van der Waals surface area (Å²) in [6, 6.07) is 6.24. The highest BCUT2D eigenvalue weighted by atomic mass is 15.1. The monoisotopic (exact) mass is 274 g/mol. The van der Waals surface area contributed by atoms with E-state index < -0.39 is 0 Å². The molecule has 0 amide bonds. The quantitative estimate of drug-likeness (QED) is 0.311. The lowest BCUT2D eigenvalue weighted by molar-refractivity contribution is 0.265. The summed E-state index contributed by atoms with van der Waals surface area (Å²) in [7, 11) is 4.09. The average Bonchev–Trinajstić information content (AvgIpc) is 2.43. The van der Waals surface area contributed by atoms with Gasteiger partial charge in [-0.15, -0.1) is 0 Å². The zero-order chi connectivity index (χ0) is 14.8. The van der Waals surface area contributed by atoms with Crippen LogP contribution in [0.2, 0.25) is 0 Å². The molecule has 4 nitrogen and oxygen atoms in total. The van der Waals surface area contributed by atoms with Gasteiger partial charge in [-0.25, -0.2) is 0 Å². The van der Waals surface area contributed by atoms with Crippen molar-refractivity contribution in [3.8, 4) is 0 Å². The Hall–Kier alpha value is -1.46. The van der Waals surface area contributed by atoms with E-state index in [4.69, 9.17) is 5.73 Å². The minimum Gasteiger partial charge on any atom is -0.398 e. The molecule has 1 rings (SSSR count). The SMILES string of the molecule is Bc1ccc(N)c(CN(CCCNC)CCNC=C)c1. The average molecular weight is 274 g/mol. The molecule has 20 heavy (non-hydrogen) atoms. The third-order valence-electron chi connectivity index (χ3n) is 3.31. The van der Waals surface area contributed by atoms with Crippen LogP contribution in [0, 0.1) is 0 Å². The van der Waals surface area contributed by atoms with Gasteiger partial charge in [-0.05, 0) is 44.4 Å². The van der Waals surface area contributed by atoms with Gasteiger partial charge < -0.3 is 16.4 Å². The molecule has 1 aromatic rings. The molecule has 4 N–H and O–H groups in total. The Morgan fingerprint density at radius 2 is 2.15 bits per heavy atom. The van der Waals surface area contributed by atoms with E-state index >= 15 is 0 Å². The van der Waals surface area contributed by atoms with Crippen LogP contribution in [0.5, 0.6) is 0 Å². The topological polar surface area (TPSA) is 53.3 Å². The van der Waals surface area contributed by atoms with Gasteiger partial charge in [0.25, 0.3) is 0 Å². The molecule has 0 unspecified atom stereocenters. The largest absolute Gasteiger partial charge is 0.398 e. The van der Waals surface area contributed by atoms with Gasteiger partial charge in [-0.3, -0.25) is 4.90 Å². The first-order chi connectivity index (χ1) is 9.67. The lowest BCUT2D eigenvalue weighted by atomic mass is 9.93. The molecule has 1 aromatic carbocycles. The summed E-state index contributed by atoms with van der Waals surface area (Å²) < 4.78 is 0.